The lowest BCUT2D eigenvalue weighted by Gasteiger charge is -2.22. The van der Waals surface area contributed by atoms with Crippen LogP contribution in [0.1, 0.15) is 13.3 Å². The number of para-hydroxylation sites is 1. The van der Waals surface area contributed by atoms with Gasteiger partial charge in [-0.3, -0.25) is 0 Å². The van der Waals surface area contributed by atoms with Gasteiger partial charge >= 0.3 is 0 Å². The van der Waals surface area contributed by atoms with Gasteiger partial charge in [-0.25, -0.2) is 0 Å². The Hall–Kier alpha value is -1.80. The maximum Gasteiger partial charge on any atom is 0.0446 e. The molecule has 2 nitrogen and oxygen atoms in total. The number of benzene rings is 2. The zero-order valence-electron chi connectivity index (χ0n) is 12.0. The molecule has 1 unspecified atom stereocenters. The van der Waals surface area contributed by atoms with Crippen LogP contribution >= 0.6 is 0 Å². The third-order valence-electron chi connectivity index (χ3n) is 4.01. The van der Waals surface area contributed by atoms with Crippen LogP contribution in [-0.4, -0.2) is 25.7 Å². The summed E-state index contributed by atoms with van der Waals surface area (Å²) in [5.74, 6) is 0. The topological polar surface area (TPSA) is 15.3 Å². The van der Waals surface area contributed by atoms with E-state index in [0.29, 0.717) is 6.04 Å². The highest BCUT2D eigenvalue weighted by Gasteiger charge is 2.23. The van der Waals surface area contributed by atoms with Gasteiger partial charge in [0.2, 0.25) is 0 Å². The summed E-state index contributed by atoms with van der Waals surface area (Å²) in [4.78, 5) is 2.51. The molecule has 1 heterocycles. The molecule has 2 aromatic carbocycles. The van der Waals surface area contributed by atoms with Crippen molar-refractivity contribution in [3.8, 4) is 11.1 Å². The van der Waals surface area contributed by atoms with E-state index in [1.807, 2.05) is 0 Å². The highest BCUT2D eigenvalue weighted by molar-refractivity contribution is 5.78. The molecule has 0 aliphatic carbocycles. The van der Waals surface area contributed by atoms with Crippen LogP contribution in [0.4, 0.5) is 5.69 Å². The van der Waals surface area contributed by atoms with E-state index < -0.39 is 0 Å². The second-order valence-corrected chi connectivity index (χ2v) is 5.37. The second-order valence-electron chi connectivity index (χ2n) is 5.37. The van der Waals surface area contributed by atoms with Crippen LogP contribution in [-0.2, 0) is 0 Å². The smallest absolute Gasteiger partial charge is 0.0446 e. The van der Waals surface area contributed by atoms with Crippen LogP contribution in [0.3, 0.4) is 0 Å². The summed E-state index contributed by atoms with van der Waals surface area (Å²) >= 11 is 0. The molecule has 20 heavy (non-hydrogen) atoms. The lowest BCUT2D eigenvalue weighted by molar-refractivity contribution is 0.572. The van der Waals surface area contributed by atoms with E-state index >= 15 is 0 Å². The van der Waals surface area contributed by atoms with Crippen LogP contribution in [0.25, 0.3) is 11.1 Å². The molecule has 1 N–H and O–H groups in total. The van der Waals surface area contributed by atoms with Crippen LogP contribution in [0.15, 0.2) is 54.6 Å². The van der Waals surface area contributed by atoms with Gasteiger partial charge in [-0.1, -0.05) is 55.5 Å². The molecule has 1 fully saturated rings. The Morgan fingerprint density at radius 2 is 1.80 bits per heavy atom. The highest BCUT2D eigenvalue weighted by Crippen LogP contribution is 2.32. The van der Waals surface area contributed by atoms with E-state index in [9.17, 15) is 0 Å². The molecule has 1 aliphatic heterocycles. The summed E-state index contributed by atoms with van der Waals surface area (Å²) < 4.78 is 0. The summed E-state index contributed by atoms with van der Waals surface area (Å²) in [5.41, 5.74) is 4.00. The minimum Gasteiger partial charge on any atom is -0.369 e. The zero-order chi connectivity index (χ0) is 13.8. The molecular weight excluding hydrogens is 244 g/mol. The molecule has 0 saturated carbocycles. The molecule has 0 amide bonds. The predicted molar refractivity (Wildman–Crippen MR) is 86.2 cm³/mol. The van der Waals surface area contributed by atoms with Crippen molar-refractivity contribution < 1.29 is 0 Å². The summed E-state index contributed by atoms with van der Waals surface area (Å²) in [6, 6.07) is 20.0. The van der Waals surface area contributed by atoms with Crippen molar-refractivity contribution in [1.29, 1.82) is 0 Å². The van der Waals surface area contributed by atoms with Crippen LogP contribution in [0.5, 0.6) is 0 Å². The first-order chi connectivity index (χ1) is 9.88. The summed E-state index contributed by atoms with van der Waals surface area (Å²) in [6.07, 6.45) is 1.23. The van der Waals surface area contributed by atoms with E-state index in [1.165, 1.54) is 23.2 Å². The normalized spacial score (nSPS) is 18.4. The first-order valence-electron chi connectivity index (χ1n) is 7.51. The van der Waals surface area contributed by atoms with Crippen molar-refractivity contribution in [3.63, 3.8) is 0 Å². The molecule has 1 atom stereocenters. The zero-order valence-corrected chi connectivity index (χ0v) is 12.0. The van der Waals surface area contributed by atoms with Crippen LogP contribution in [0, 0.1) is 0 Å². The van der Waals surface area contributed by atoms with Crippen molar-refractivity contribution in [2.75, 3.05) is 24.5 Å². The predicted octanol–water partition coefficient (Wildman–Crippen LogP) is 3.54. The number of nitrogens with zero attached hydrogens (tertiary/aromatic N) is 1. The standard InChI is InChI=1S/C18H22N2/c1-2-19-16-12-13-20(14-16)18-11-7-6-10-17(18)15-8-4-3-5-9-15/h3-11,16,19H,2,12-14H2,1H3. The molecule has 1 aliphatic rings. The average molecular weight is 266 g/mol. The summed E-state index contributed by atoms with van der Waals surface area (Å²) in [5, 5.41) is 3.56. The van der Waals surface area contributed by atoms with Gasteiger partial charge in [0.1, 0.15) is 0 Å². The van der Waals surface area contributed by atoms with Crippen molar-refractivity contribution in [3.05, 3.63) is 54.6 Å². The maximum atomic E-state index is 3.56. The van der Waals surface area contributed by atoms with E-state index in [0.717, 1.165) is 19.6 Å². The third-order valence-corrected chi connectivity index (χ3v) is 4.01. The van der Waals surface area contributed by atoms with Crippen LogP contribution in [0.2, 0.25) is 0 Å². The molecule has 0 bridgehead atoms. The number of rotatable bonds is 4. The van der Waals surface area contributed by atoms with Gasteiger partial charge in [0, 0.05) is 30.4 Å². The fourth-order valence-corrected chi connectivity index (χ4v) is 3.05. The Bertz CT molecular complexity index is 550. The summed E-state index contributed by atoms with van der Waals surface area (Å²) in [7, 11) is 0. The molecular formula is C18H22N2. The number of anilines is 1. The quantitative estimate of drug-likeness (QED) is 0.910. The van der Waals surface area contributed by atoms with Crippen molar-refractivity contribution >= 4 is 5.69 Å². The van der Waals surface area contributed by atoms with Crippen LogP contribution < -0.4 is 10.2 Å². The Morgan fingerprint density at radius 1 is 1.05 bits per heavy atom. The molecule has 1 saturated heterocycles. The second kappa shape index (κ2) is 6.10. The van der Waals surface area contributed by atoms with Gasteiger partial charge < -0.3 is 10.2 Å². The SMILES string of the molecule is CCNC1CCN(c2ccccc2-c2ccccc2)C1. The first kappa shape index (κ1) is 13.2. The van der Waals surface area contributed by atoms with E-state index in [-0.39, 0.29) is 0 Å². The van der Waals surface area contributed by atoms with Gasteiger partial charge in [0.15, 0.2) is 0 Å². The highest BCUT2D eigenvalue weighted by atomic mass is 15.2. The summed E-state index contributed by atoms with van der Waals surface area (Å²) in [6.45, 7) is 5.48. The Labute approximate surface area is 121 Å². The lowest BCUT2D eigenvalue weighted by Crippen LogP contribution is -2.32. The lowest BCUT2D eigenvalue weighted by atomic mass is 10.0. The van der Waals surface area contributed by atoms with E-state index in [2.05, 4.69) is 71.7 Å². The molecule has 2 heteroatoms. The fourth-order valence-electron chi connectivity index (χ4n) is 3.05. The van der Waals surface area contributed by atoms with E-state index in [1.54, 1.807) is 0 Å². The molecule has 2 aromatic rings. The molecule has 3 rings (SSSR count). The minimum atomic E-state index is 0.629. The van der Waals surface area contributed by atoms with Gasteiger partial charge in [-0.05, 0) is 24.6 Å². The fraction of sp³-hybridized carbons (Fsp3) is 0.333. The largest absolute Gasteiger partial charge is 0.369 e. The molecule has 0 aromatic heterocycles. The third kappa shape index (κ3) is 2.70. The van der Waals surface area contributed by atoms with Crippen molar-refractivity contribution in [1.82, 2.24) is 5.32 Å². The number of nitrogens with one attached hydrogen (secondary N) is 1. The van der Waals surface area contributed by atoms with Gasteiger partial charge in [-0.2, -0.15) is 0 Å². The minimum absolute atomic E-state index is 0.629. The number of likely N-dealkylation sites (N-methyl/N-ethyl adjacent to an activating group) is 1. The Kier molecular flexibility index (Phi) is 4.03. The van der Waals surface area contributed by atoms with Gasteiger partial charge in [0.25, 0.3) is 0 Å². The molecule has 0 radical (unpaired) electrons. The Balaban J connectivity index is 1.88. The van der Waals surface area contributed by atoms with E-state index in [4.69, 9.17) is 0 Å². The average Bonchev–Trinajstić information content (AvgIpc) is 2.97. The van der Waals surface area contributed by atoms with Crippen molar-refractivity contribution in [2.24, 2.45) is 0 Å². The van der Waals surface area contributed by atoms with Gasteiger partial charge in [-0.15, -0.1) is 0 Å². The molecule has 0 spiro atoms. The Morgan fingerprint density at radius 3 is 2.60 bits per heavy atom. The monoisotopic (exact) mass is 266 g/mol. The van der Waals surface area contributed by atoms with Gasteiger partial charge in [0.05, 0.1) is 0 Å². The first-order valence-corrected chi connectivity index (χ1v) is 7.51. The number of hydrogen-bond donors (Lipinski definition) is 1. The maximum absolute atomic E-state index is 3.56. The van der Waals surface area contributed by atoms with Crippen molar-refractivity contribution in [2.45, 2.75) is 19.4 Å². The number of hydrogen-bond acceptors (Lipinski definition) is 2. The molecule has 104 valence electrons.